The van der Waals surface area contributed by atoms with Crippen LogP contribution in [0.3, 0.4) is 0 Å². The van der Waals surface area contributed by atoms with Crippen molar-refractivity contribution in [3.8, 4) is 11.1 Å². The van der Waals surface area contributed by atoms with Crippen molar-refractivity contribution in [3.63, 3.8) is 0 Å². The molecule has 2 heterocycles. The number of imidazole rings is 1. The van der Waals surface area contributed by atoms with E-state index < -0.39 is 7.12 Å². The molecule has 1 atom stereocenters. The van der Waals surface area contributed by atoms with E-state index in [0.717, 1.165) is 46.5 Å². The van der Waals surface area contributed by atoms with Gasteiger partial charge in [0.2, 0.25) is 0 Å². The van der Waals surface area contributed by atoms with E-state index in [9.17, 15) is 9.59 Å². The topological polar surface area (TPSA) is 107 Å². The zero-order chi connectivity index (χ0) is 27.2. The van der Waals surface area contributed by atoms with Crippen molar-refractivity contribution in [2.45, 2.75) is 46.1 Å². The summed E-state index contributed by atoms with van der Waals surface area (Å²) in [5.74, 6) is 1.12. The fraction of sp³-hybridized carbons (Fsp3) is 0.300. The van der Waals surface area contributed by atoms with Gasteiger partial charge in [-0.3, -0.25) is 9.59 Å². The van der Waals surface area contributed by atoms with Crippen LogP contribution in [0.5, 0.6) is 0 Å². The van der Waals surface area contributed by atoms with Crippen molar-refractivity contribution >= 4 is 35.2 Å². The van der Waals surface area contributed by atoms with Crippen molar-refractivity contribution < 1.29 is 19.6 Å². The number of fused-ring (bicyclic) bond motifs is 1. The van der Waals surface area contributed by atoms with Gasteiger partial charge in [-0.05, 0) is 68.9 Å². The lowest BCUT2D eigenvalue weighted by atomic mass is 9.80. The maximum atomic E-state index is 11.4. The van der Waals surface area contributed by atoms with Crippen molar-refractivity contribution in [2.24, 2.45) is 0 Å². The van der Waals surface area contributed by atoms with Crippen LogP contribution < -0.4 is 5.46 Å². The van der Waals surface area contributed by atoms with Gasteiger partial charge in [-0.25, -0.2) is 4.98 Å². The number of rotatable bonds is 7. The Morgan fingerprint density at radius 1 is 0.947 bits per heavy atom. The highest BCUT2D eigenvalue weighted by Gasteiger charge is 2.20. The largest absolute Gasteiger partial charge is 0.488 e. The molecule has 3 N–H and O–H groups in total. The highest BCUT2D eigenvalue weighted by Crippen LogP contribution is 2.24. The van der Waals surface area contributed by atoms with E-state index in [4.69, 9.17) is 15.0 Å². The molecule has 1 saturated heterocycles. The van der Waals surface area contributed by atoms with Crippen molar-refractivity contribution in [3.05, 3.63) is 83.7 Å². The van der Waals surface area contributed by atoms with Crippen LogP contribution in [-0.4, -0.2) is 62.7 Å². The van der Waals surface area contributed by atoms with Gasteiger partial charge in [0.25, 0.3) is 0 Å². The van der Waals surface area contributed by atoms with E-state index in [1.54, 1.807) is 19.1 Å². The third-order valence-corrected chi connectivity index (χ3v) is 7.10. The van der Waals surface area contributed by atoms with Crippen LogP contribution in [-0.2, 0) is 6.42 Å². The summed E-state index contributed by atoms with van der Waals surface area (Å²) >= 11 is 0. The molecule has 0 amide bonds. The number of hydrogen-bond acceptors (Lipinski definition) is 6. The van der Waals surface area contributed by atoms with E-state index in [1.165, 1.54) is 38.4 Å². The molecule has 0 bridgehead atoms. The van der Waals surface area contributed by atoms with E-state index in [-0.39, 0.29) is 11.6 Å². The molecule has 3 aromatic carbocycles. The molecule has 7 nitrogen and oxygen atoms in total. The number of hydrogen-bond donors (Lipinski definition) is 3. The highest BCUT2D eigenvalue weighted by molar-refractivity contribution is 6.58. The molecule has 0 spiro atoms. The Morgan fingerprint density at radius 3 is 2.11 bits per heavy atom. The van der Waals surface area contributed by atoms with Gasteiger partial charge in [-0.15, -0.1) is 0 Å². The average molecular weight is 511 g/mol. The minimum atomic E-state index is -1.47. The van der Waals surface area contributed by atoms with Crippen molar-refractivity contribution in [1.29, 1.82) is 0 Å². The number of H-pyrrole nitrogens is 1. The fourth-order valence-electron chi connectivity index (χ4n) is 4.72. The van der Waals surface area contributed by atoms with Crippen LogP contribution in [0.25, 0.3) is 22.2 Å². The summed E-state index contributed by atoms with van der Waals surface area (Å²) in [5, 5.41) is 17.4. The molecule has 1 aliphatic rings. The average Bonchev–Trinajstić information content (AvgIpc) is 3.52. The normalized spacial score (nSPS) is 15.2. The standard InChI is InChI=1S/C22H25N3O.C8H9BO3/c1-15-4-3-12-25(15)13-11-22-23-20-10-9-19(14-21(20)24-22)18-7-5-17(6-8-18)16(2)26;1-6(10)7-2-4-8(5-3-7)9(11)12/h5-10,14-15H,3-4,11-13H2,1-2H3,(H,23,24);2-5,11-12H,1H3/t15-;/m1./s1. The Morgan fingerprint density at radius 2 is 1.55 bits per heavy atom. The van der Waals surface area contributed by atoms with Crippen LogP contribution in [0.4, 0.5) is 0 Å². The second-order valence-corrected chi connectivity index (χ2v) is 9.88. The zero-order valence-corrected chi connectivity index (χ0v) is 22.1. The SMILES string of the molecule is CC(=O)c1ccc(-c2ccc3nc(CCN4CCC[C@H]4C)[nH]c3c2)cc1.CC(=O)c1ccc(B(O)O)cc1. The summed E-state index contributed by atoms with van der Waals surface area (Å²) in [6.45, 7) is 7.65. The van der Waals surface area contributed by atoms with Gasteiger partial charge in [0, 0.05) is 30.1 Å². The van der Waals surface area contributed by atoms with E-state index in [2.05, 4.69) is 35.0 Å². The second-order valence-electron chi connectivity index (χ2n) is 9.88. The summed E-state index contributed by atoms with van der Waals surface area (Å²) < 4.78 is 0. The molecule has 1 aromatic heterocycles. The third kappa shape index (κ3) is 6.83. The summed E-state index contributed by atoms with van der Waals surface area (Å²) in [5.41, 5.74) is 6.03. The molecule has 8 heteroatoms. The first-order valence-electron chi connectivity index (χ1n) is 13.0. The predicted molar refractivity (Wildman–Crippen MR) is 152 cm³/mol. The number of aromatic amines is 1. The lowest BCUT2D eigenvalue weighted by molar-refractivity contribution is 0.100. The van der Waals surface area contributed by atoms with Gasteiger partial charge in [0.15, 0.2) is 11.6 Å². The molecular weight excluding hydrogens is 477 g/mol. The van der Waals surface area contributed by atoms with Gasteiger partial charge >= 0.3 is 7.12 Å². The Kier molecular flexibility index (Phi) is 8.89. The molecule has 0 unspecified atom stereocenters. The Bertz CT molecular complexity index is 1400. The highest BCUT2D eigenvalue weighted by atomic mass is 16.4. The molecule has 5 rings (SSSR count). The number of benzene rings is 3. The molecule has 0 aliphatic carbocycles. The molecule has 196 valence electrons. The Hall–Kier alpha value is -3.59. The molecule has 1 fully saturated rings. The first-order valence-corrected chi connectivity index (χ1v) is 13.0. The zero-order valence-electron chi connectivity index (χ0n) is 22.1. The van der Waals surface area contributed by atoms with Crippen LogP contribution in [0.15, 0.2) is 66.7 Å². The van der Waals surface area contributed by atoms with Gasteiger partial charge in [0.05, 0.1) is 11.0 Å². The number of nitrogens with one attached hydrogen (secondary N) is 1. The van der Waals surface area contributed by atoms with Crippen LogP contribution >= 0.6 is 0 Å². The van der Waals surface area contributed by atoms with E-state index in [1.807, 2.05) is 24.3 Å². The molecule has 0 radical (unpaired) electrons. The number of ketones is 2. The molecule has 0 saturated carbocycles. The molecule has 38 heavy (non-hydrogen) atoms. The van der Waals surface area contributed by atoms with Gasteiger partial charge in [-0.2, -0.15) is 0 Å². The molecule has 4 aromatic rings. The lowest BCUT2D eigenvalue weighted by Gasteiger charge is -2.19. The maximum absolute atomic E-state index is 11.4. The van der Waals surface area contributed by atoms with Gasteiger partial charge in [-0.1, -0.05) is 54.6 Å². The van der Waals surface area contributed by atoms with Crippen LogP contribution in [0.2, 0.25) is 0 Å². The summed E-state index contributed by atoms with van der Waals surface area (Å²) in [7, 11) is -1.47. The first kappa shape index (κ1) is 27.4. The summed E-state index contributed by atoms with van der Waals surface area (Å²) in [4.78, 5) is 33.0. The minimum absolute atomic E-state index is 0.0334. The number of nitrogens with zero attached hydrogens (tertiary/aromatic N) is 2. The van der Waals surface area contributed by atoms with E-state index >= 15 is 0 Å². The minimum Gasteiger partial charge on any atom is -0.423 e. The van der Waals surface area contributed by atoms with Gasteiger partial charge in [0.1, 0.15) is 5.82 Å². The van der Waals surface area contributed by atoms with Crippen molar-refractivity contribution in [1.82, 2.24) is 14.9 Å². The predicted octanol–water partition coefficient (Wildman–Crippen LogP) is 4.03. The quantitative estimate of drug-likeness (QED) is 0.256. The monoisotopic (exact) mass is 511 g/mol. The lowest BCUT2D eigenvalue weighted by Crippen LogP contribution is -2.29. The fourth-order valence-corrected chi connectivity index (χ4v) is 4.72. The number of carbonyl (C=O) groups excluding carboxylic acids is 2. The Labute approximate surface area is 223 Å². The summed E-state index contributed by atoms with van der Waals surface area (Å²) in [6, 6.07) is 21.0. The smallest absolute Gasteiger partial charge is 0.423 e. The van der Waals surface area contributed by atoms with Crippen LogP contribution in [0.1, 0.15) is 60.2 Å². The van der Waals surface area contributed by atoms with Crippen molar-refractivity contribution in [2.75, 3.05) is 13.1 Å². The third-order valence-electron chi connectivity index (χ3n) is 7.10. The second kappa shape index (κ2) is 12.3. The van der Waals surface area contributed by atoms with Gasteiger partial charge < -0.3 is 19.9 Å². The molecule has 1 aliphatic heterocycles. The maximum Gasteiger partial charge on any atom is 0.488 e. The first-order chi connectivity index (χ1) is 18.2. The van der Waals surface area contributed by atoms with E-state index in [0.29, 0.717) is 17.1 Å². The number of carbonyl (C=O) groups is 2. The molecular formula is C30H34BN3O4. The summed E-state index contributed by atoms with van der Waals surface area (Å²) in [6.07, 6.45) is 3.58. The number of likely N-dealkylation sites (tertiary alicyclic amines) is 1. The number of Topliss-reactive ketones (excluding diaryl/α,β-unsaturated/α-hetero) is 2. The Balaban J connectivity index is 0.000000236. The van der Waals surface area contributed by atoms with Crippen LogP contribution in [0, 0.1) is 0 Å². The number of aromatic nitrogens is 2.